The number of thiazole rings is 1. The third-order valence-corrected chi connectivity index (χ3v) is 5.50. The van der Waals surface area contributed by atoms with Crippen LogP contribution >= 0.6 is 27.3 Å². The number of amidine groups is 1. The molecule has 2 aliphatic rings. The second-order valence-corrected chi connectivity index (χ2v) is 7.83. The van der Waals surface area contributed by atoms with Crippen LogP contribution in [0.2, 0.25) is 0 Å². The Kier molecular flexibility index (Phi) is 4.22. The Hall–Kier alpha value is -2.97. The normalized spacial score (nSPS) is 16.8. The maximum atomic E-state index is 13.2. The molecule has 0 radical (unpaired) electrons. The molecule has 2 aromatic carbocycles. The molecule has 0 N–H and O–H groups in total. The van der Waals surface area contributed by atoms with Crippen molar-refractivity contribution in [3.8, 4) is 11.5 Å². The summed E-state index contributed by atoms with van der Waals surface area (Å²) in [6.45, 7) is 0.206. The average molecular weight is 454 g/mol. The highest BCUT2D eigenvalue weighted by Crippen LogP contribution is 2.34. The lowest BCUT2D eigenvalue weighted by molar-refractivity contribution is -0.113. The van der Waals surface area contributed by atoms with Gasteiger partial charge in [-0.25, -0.2) is 14.9 Å². The van der Waals surface area contributed by atoms with Crippen molar-refractivity contribution in [3.05, 3.63) is 75.3 Å². The van der Waals surface area contributed by atoms with Crippen LogP contribution < -0.4 is 14.4 Å². The first-order chi connectivity index (χ1) is 13.7. The maximum Gasteiger partial charge on any atom is 0.284 e. The Morgan fingerprint density at radius 2 is 2.04 bits per heavy atom. The van der Waals surface area contributed by atoms with E-state index in [1.165, 1.54) is 11.3 Å². The molecule has 0 spiro atoms. The fourth-order valence-corrected chi connectivity index (χ4v) is 4.04. The molecule has 0 unspecified atom stereocenters. The highest BCUT2D eigenvalue weighted by atomic mass is 79.9. The maximum absolute atomic E-state index is 13.2. The van der Waals surface area contributed by atoms with Gasteiger partial charge in [0, 0.05) is 21.6 Å². The molecule has 6 nitrogen and oxygen atoms in total. The smallest absolute Gasteiger partial charge is 0.284 e. The molecule has 5 rings (SSSR count). The fourth-order valence-electron chi connectivity index (χ4n) is 3.00. The summed E-state index contributed by atoms with van der Waals surface area (Å²) >= 11 is 4.87. The minimum atomic E-state index is -0.220. The van der Waals surface area contributed by atoms with Crippen LogP contribution in [-0.4, -0.2) is 23.5 Å². The van der Waals surface area contributed by atoms with E-state index in [0.717, 1.165) is 15.6 Å². The number of fused-ring (bicyclic) bond motifs is 1. The Morgan fingerprint density at radius 1 is 1.14 bits per heavy atom. The number of carbonyl (C=O) groups is 1. The average Bonchev–Trinajstić information content (AvgIpc) is 3.42. The predicted molar refractivity (Wildman–Crippen MR) is 111 cm³/mol. The van der Waals surface area contributed by atoms with Gasteiger partial charge in [-0.15, -0.1) is 11.3 Å². The number of benzene rings is 2. The highest BCUT2D eigenvalue weighted by molar-refractivity contribution is 9.10. The summed E-state index contributed by atoms with van der Waals surface area (Å²) in [5, 5.41) is 2.42. The van der Waals surface area contributed by atoms with E-state index in [4.69, 9.17) is 9.47 Å². The molecule has 1 amide bonds. The van der Waals surface area contributed by atoms with Crippen molar-refractivity contribution in [2.45, 2.75) is 0 Å². The number of hydrogen-bond donors (Lipinski definition) is 0. The summed E-state index contributed by atoms with van der Waals surface area (Å²) in [5.74, 6) is 1.69. The largest absolute Gasteiger partial charge is 0.454 e. The lowest BCUT2D eigenvalue weighted by Gasteiger charge is -2.15. The number of halogens is 1. The van der Waals surface area contributed by atoms with Crippen molar-refractivity contribution in [2.24, 2.45) is 4.99 Å². The second-order valence-electron chi connectivity index (χ2n) is 6.04. The molecule has 28 heavy (non-hydrogen) atoms. The van der Waals surface area contributed by atoms with Gasteiger partial charge in [0.15, 0.2) is 16.6 Å². The van der Waals surface area contributed by atoms with Gasteiger partial charge >= 0.3 is 0 Å². The Labute approximate surface area is 172 Å². The fraction of sp³-hybridized carbons (Fsp3) is 0.0500. The van der Waals surface area contributed by atoms with Gasteiger partial charge in [-0.1, -0.05) is 34.1 Å². The minimum absolute atomic E-state index is 0.206. The van der Waals surface area contributed by atoms with Crippen LogP contribution in [0.3, 0.4) is 0 Å². The number of hydrogen-bond acceptors (Lipinski definition) is 6. The Balaban J connectivity index is 1.59. The van der Waals surface area contributed by atoms with E-state index in [1.807, 2.05) is 47.8 Å². The van der Waals surface area contributed by atoms with Crippen molar-refractivity contribution < 1.29 is 14.3 Å². The quantitative estimate of drug-likeness (QED) is 0.548. The topological polar surface area (TPSA) is 64.0 Å². The molecule has 138 valence electrons. The van der Waals surface area contributed by atoms with Gasteiger partial charge in [-0.2, -0.15) is 0 Å². The molecular formula is C20H12BrN3O3S. The van der Waals surface area contributed by atoms with Gasteiger partial charge in [0.2, 0.25) is 6.79 Å². The van der Waals surface area contributed by atoms with Crippen LogP contribution in [0, 0.1) is 0 Å². The molecule has 0 saturated heterocycles. The number of rotatable bonds is 3. The van der Waals surface area contributed by atoms with Crippen molar-refractivity contribution in [1.82, 2.24) is 4.98 Å². The summed E-state index contributed by atoms with van der Waals surface area (Å²) in [6, 6.07) is 13.2. The van der Waals surface area contributed by atoms with E-state index < -0.39 is 0 Å². The molecule has 0 fully saturated rings. The van der Waals surface area contributed by atoms with Crippen molar-refractivity contribution in [1.29, 1.82) is 0 Å². The first-order valence-electron chi connectivity index (χ1n) is 8.39. The van der Waals surface area contributed by atoms with Gasteiger partial charge in [0.1, 0.15) is 11.5 Å². The lowest BCUT2D eigenvalue weighted by atomic mass is 10.1. The van der Waals surface area contributed by atoms with Crippen LogP contribution in [0.25, 0.3) is 6.08 Å². The monoisotopic (exact) mass is 453 g/mol. The number of aliphatic imine (C=N–C) groups is 1. The van der Waals surface area contributed by atoms with Crippen LogP contribution in [-0.2, 0) is 4.79 Å². The Morgan fingerprint density at radius 3 is 2.86 bits per heavy atom. The molecule has 8 heteroatoms. The van der Waals surface area contributed by atoms with Crippen LogP contribution in [0.1, 0.15) is 11.1 Å². The van der Waals surface area contributed by atoms with E-state index in [0.29, 0.717) is 28.2 Å². The third-order valence-electron chi connectivity index (χ3n) is 4.25. The van der Waals surface area contributed by atoms with Crippen molar-refractivity contribution in [3.63, 3.8) is 0 Å². The predicted octanol–water partition coefficient (Wildman–Crippen LogP) is 4.47. The highest BCUT2D eigenvalue weighted by Gasteiger charge is 2.34. The summed E-state index contributed by atoms with van der Waals surface area (Å²) < 4.78 is 11.7. The first-order valence-corrected chi connectivity index (χ1v) is 10.1. The molecular weight excluding hydrogens is 442 g/mol. The zero-order chi connectivity index (χ0) is 19.1. The summed E-state index contributed by atoms with van der Waals surface area (Å²) in [5.41, 5.74) is 1.97. The number of nitrogens with zero attached hydrogens (tertiary/aromatic N) is 3. The van der Waals surface area contributed by atoms with E-state index in [-0.39, 0.29) is 12.7 Å². The number of amides is 1. The van der Waals surface area contributed by atoms with E-state index in [9.17, 15) is 4.79 Å². The van der Waals surface area contributed by atoms with Gasteiger partial charge in [-0.05, 0) is 35.9 Å². The van der Waals surface area contributed by atoms with Crippen molar-refractivity contribution >= 4 is 50.2 Å². The molecule has 0 bridgehead atoms. The van der Waals surface area contributed by atoms with Crippen LogP contribution in [0.15, 0.2) is 69.2 Å². The minimum Gasteiger partial charge on any atom is -0.454 e. The zero-order valence-corrected chi connectivity index (χ0v) is 16.7. The number of carbonyl (C=O) groups excluding carboxylic acids is 1. The van der Waals surface area contributed by atoms with Gasteiger partial charge in [0.05, 0.1) is 0 Å². The third kappa shape index (κ3) is 3.00. The molecule has 3 aromatic rings. The van der Waals surface area contributed by atoms with E-state index >= 15 is 0 Å². The molecule has 3 heterocycles. The zero-order valence-electron chi connectivity index (χ0n) is 14.3. The Bertz CT molecular complexity index is 1140. The number of aromatic nitrogens is 1. The van der Waals surface area contributed by atoms with Gasteiger partial charge < -0.3 is 9.47 Å². The standard InChI is InChI=1S/C20H12BrN3O3S/c21-14-3-1-2-13(10-14)18-23-15(19(25)24(18)20-22-6-7-28-20)8-12-4-5-16-17(9-12)27-11-26-16/h1-10H,11H2/b15-8+. The van der Waals surface area contributed by atoms with Gasteiger partial charge in [-0.3, -0.25) is 4.79 Å². The summed E-state index contributed by atoms with van der Waals surface area (Å²) in [7, 11) is 0. The van der Waals surface area contributed by atoms with Gasteiger partial charge in [0.25, 0.3) is 5.91 Å². The van der Waals surface area contributed by atoms with E-state index in [2.05, 4.69) is 25.9 Å². The summed E-state index contributed by atoms with van der Waals surface area (Å²) in [6.07, 6.45) is 3.42. The van der Waals surface area contributed by atoms with E-state index in [1.54, 1.807) is 17.2 Å². The van der Waals surface area contributed by atoms with Crippen LogP contribution in [0.5, 0.6) is 11.5 Å². The molecule has 0 saturated carbocycles. The molecule has 0 atom stereocenters. The molecule has 0 aliphatic carbocycles. The lowest BCUT2D eigenvalue weighted by Crippen LogP contribution is -2.32. The molecule has 2 aliphatic heterocycles. The summed E-state index contributed by atoms with van der Waals surface area (Å²) in [4.78, 5) is 23.6. The number of ether oxygens (including phenoxy) is 2. The first kappa shape index (κ1) is 17.2. The van der Waals surface area contributed by atoms with Crippen LogP contribution in [0.4, 0.5) is 5.13 Å². The SMILES string of the molecule is O=C1/C(=C\c2ccc3c(c2)OCO3)N=C(c2cccc(Br)c2)N1c1nccs1. The van der Waals surface area contributed by atoms with Crippen molar-refractivity contribution in [2.75, 3.05) is 11.7 Å². The molecule has 1 aromatic heterocycles. The number of anilines is 1. The second kappa shape index (κ2) is 6.88.